The molecule has 0 radical (unpaired) electrons. The van der Waals surface area contributed by atoms with Crippen LogP contribution in [0, 0.1) is 5.82 Å². The van der Waals surface area contributed by atoms with Crippen molar-refractivity contribution in [3.63, 3.8) is 0 Å². The second kappa shape index (κ2) is 8.30. The lowest BCUT2D eigenvalue weighted by Gasteiger charge is -2.14. The second-order valence-electron chi connectivity index (χ2n) is 5.52. The van der Waals surface area contributed by atoms with Gasteiger partial charge in [0.25, 0.3) is 0 Å². The van der Waals surface area contributed by atoms with Gasteiger partial charge in [-0.25, -0.2) is 9.37 Å². The highest BCUT2D eigenvalue weighted by Gasteiger charge is 2.08. The maximum absolute atomic E-state index is 13.4. The van der Waals surface area contributed by atoms with Crippen LogP contribution >= 0.6 is 0 Å². The van der Waals surface area contributed by atoms with Crippen LogP contribution in [-0.2, 0) is 13.1 Å². The van der Waals surface area contributed by atoms with Crippen molar-refractivity contribution >= 4 is 5.69 Å². The zero-order valence-electron chi connectivity index (χ0n) is 13.7. The standard InChI is InChI=1S/C19H20FN3O2/c20-16-6-7-17(18(12-16)25-11-10-24)22-13-19-21-8-9-23(19)14-15-4-2-1-3-5-15/h1-9,12,22,24H,10-11,13-14H2. The Bertz CT molecular complexity index is 805. The van der Waals surface area contributed by atoms with Crippen LogP contribution in [0.25, 0.3) is 0 Å². The highest BCUT2D eigenvalue weighted by atomic mass is 19.1. The number of aromatic nitrogens is 2. The van der Waals surface area contributed by atoms with Gasteiger partial charge >= 0.3 is 0 Å². The van der Waals surface area contributed by atoms with Gasteiger partial charge in [-0.15, -0.1) is 0 Å². The Morgan fingerprint density at radius 3 is 2.80 bits per heavy atom. The van der Waals surface area contributed by atoms with Crippen LogP contribution < -0.4 is 10.1 Å². The molecule has 1 heterocycles. The Balaban J connectivity index is 1.69. The van der Waals surface area contributed by atoms with Crippen LogP contribution in [0.5, 0.6) is 5.75 Å². The van der Waals surface area contributed by atoms with E-state index < -0.39 is 0 Å². The van der Waals surface area contributed by atoms with Crippen molar-refractivity contribution in [2.45, 2.75) is 13.1 Å². The number of halogens is 1. The molecule has 0 aliphatic rings. The summed E-state index contributed by atoms with van der Waals surface area (Å²) >= 11 is 0. The number of hydrogen-bond donors (Lipinski definition) is 2. The van der Waals surface area contributed by atoms with Gasteiger partial charge in [0.1, 0.15) is 24.0 Å². The van der Waals surface area contributed by atoms with Crippen LogP contribution in [0.2, 0.25) is 0 Å². The summed E-state index contributed by atoms with van der Waals surface area (Å²) in [6.45, 7) is 1.19. The molecule has 1 aromatic heterocycles. The average Bonchev–Trinajstić information content (AvgIpc) is 3.07. The topological polar surface area (TPSA) is 59.3 Å². The molecule has 0 aliphatic heterocycles. The minimum Gasteiger partial charge on any atom is -0.489 e. The summed E-state index contributed by atoms with van der Waals surface area (Å²) in [6.07, 6.45) is 3.69. The fourth-order valence-corrected chi connectivity index (χ4v) is 2.52. The van der Waals surface area contributed by atoms with Gasteiger partial charge in [0.15, 0.2) is 0 Å². The molecule has 0 fully saturated rings. The molecule has 0 amide bonds. The first-order chi connectivity index (χ1) is 12.3. The van der Waals surface area contributed by atoms with Crippen LogP contribution in [0.1, 0.15) is 11.4 Å². The summed E-state index contributed by atoms with van der Waals surface area (Å²) in [4.78, 5) is 4.38. The lowest BCUT2D eigenvalue weighted by molar-refractivity contribution is 0.201. The van der Waals surface area contributed by atoms with E-state index in [1.807, 2.05) is 24.4 Å². The molecule has 2 aromatic carbocycles. The van der Waals surface area contributed by atoms with Crippen molar-refractivity contribution in [3.8, 4) is 5.75 Å². The van der Waals surface area contributed by atoms with E-state index >= 15 is 0 Å². The first-order valence-corrected chi connectivity index (χ1v) is 8.07. The molecule has 0 spiro atoms. The summed E-state index contributed by atoms with van der Waals surface area (Å²) in [6, 6.07) is 14.4. The molecule has 6 heteroatoms. The van der Waals surface area contributed by atoms with Gasteiger partial charge in [0.05, 0.1) is 18.8 Å². The molecular weight excluding hydrogens is 321 g/mol. The molecule has 2 N–H and O–H groups in total. The van der Waals surface area contributed by atoms with E-state index in [1.165, 1.54) is 17.7 Å². The van der Waals surface area contributed by atoms with E-state index in [0.29, 0.717) is 18.0 Å². The zero-order valence-corrected chi connectivity index (χ0v) is 13.7. The Hall–Kier alpha value is -2.86. The van der Waals surface area contributed by atoms with E-state index in [-0.39, 0.29) is 19.0 Å². The number of imidazole rings is 1. The maximum atomic E-state index is 13.4. The molecule has 0 atom stereocenters. The van der Waals surface area contributed by atoms with E-state index in [4.69, 9.17) is 9.84 Å². The third-order valence-electron chi connectivity index (χ3n) is 3.73. The molecule has 3 rings (SSSR count). The number of aliphatic hydroxyl groups is 1. The predicted molar refractivity (Wildman–Crippen MR) is 94.1 cm³/mol. The molecule has 0 bridgehead atoms. The van der Waals surface area contributed by atoms with E-state index in [9.17, 15) is 4.39 Å². The normalized spacial score (nSPS) is 10.6. The average molecular weight is 341 g/mol. The number of rotatable bonds is 8. The SMILES string of the molecule is OCCOc1cc(F)ccc1NCc1nccn1Cc1ccccc1. The van der Waals surface area contributed by atoms with Crippen LogP contribution in [0.15, 0.2) is 60.9 Å². The Morgan fingerprint density at radius 1 is 1.16 bits per heavy atom. The maximum Gasteiger partial charge on any atom is 0.145 e. The Morgan fingerprint density at radius 2 is 2.00 bits per heavy atom. The number of aliphatic hydroxyl groups excluding tert-OH is 1. The highest BCUT2D eigenvalue weighted by molar-refractivity contribution is 5.56. The van der Waals surface area contributed by atoms with Gasteiger partial charge in [-0.1, -0.05) is 30.3 Å². The third-order valence-corrected chi connectivity index (χ3v) is 3.73. The lowest BCUT2D eigenvalue weighted by atomic mass is 10.2. The van der Waals surface area contributed by atoms with Crippen molar-refractivity contribution in [2.24, 2.45) is 0 Å². The molecule has 0 aliphatic carbocycles. The second-order valence-corrected chi connectivity index (χ2v) is 5.52. The largest absolute Gasteiger partial charge is 0.489 e. The molecule has 3 aromatic rings. The minimum absolute atomic E-state index is 0.112. The number of anilines is 1. The van der Waals surface area contributed by atoms with Gasteiger partial charge in [-0.05, 0) is 17.7 Å². The van der Waals surface area contributed by atoms with Gasteiger partial charge < -0.3 is 19.7 Å². The van der Waals surface area contributed by atoms with Crippen molar-refractivity contribution in [2.75, 3.05) is 18.5 Å². The molecule has 0 saturated heterocycles. The summed E-state index contributed by atoms with van der Waals surface area (Å²) < 4.78 is 20.8. The fourth-order valence-electron chi connectivity index (χ4n) is 2.52. The highest BCUT2D eigenvalue weighted by Crippen LogP contribution is 2.26. The molecular formula is C19H20FN3O2. The van der Waals surface area contributed by atoms with Gasteiger partial charge in [0, 0.05) is 25.0 Å². The summed E-state index contributed by atoms with van der Waals surface area (Å²) in [5.41, 5.74) is 1.85. The smallest absolute Gasteiger partial charge is 0.145 e. The molecule has 5 nitrogen and oxygen atoms in total. The van der Waals surface area contributed by atoms with E-state index in [2.05, 4.69) is 27.0 Å². The van der Waals surface area contributed by atoms with E-state index in [0.717, 1.165) is 12.4 Å². The summed E-state index contributed by atoms with van der Waals surface area (Å²) in [7, 11) is 0. The first-order valence-electron chi connectivity index (χ1n) is 8.07. The zero-order chi connectivity index (χ0) is 17.5. The minimum atomic E-state index is -0.385. The lowest BCUT2D eigenvalue weighted by Crippen LogP contribution is -2.11. The number of nitrogens with one attached hydrogen (secondary N) is 1. The Kier molecular flexibility index (Phi) is 5.64. The van der Waals surface area contributed by atoms with Crippen molar-refractivity contribution in [1.29, 1.82) is 0 Å². The predicted octanol–water partition coefficient (Wildman–Crippen LogP) is 3.05. The third kappa shape index (κ3) is 4.58. The van der Waals surface area contributed by atoms with Gasteiger partial charge in [-0.3, -0.25) is 0 Å². The summed E-state index contributed by atoms with van der Waals surface area (Å²) in [5.74, 6) is 0.848. The fraction of sp³-hybridized carbons (Fsp3) is 0.211. The van der Waals surface area contributed by atoms with Crippen molar-refractivity contribution in [1.82, 2.24) is 9.55 Å². The number of ether oxygens (including phenoxy) is 1. The van der Waals surface area contributed by atoms with E-state index in [1.54, 1.807) is 12.3 Å². The number of nitrogens with zero attached hydrogens (tertiary/aromatic N) is 2. The number of benzene rings is 2. The van der Waals surface area contributed by atoms with Crippen molar-refractivity contribution in [3.05, 3.63) is 78.1 Å². The quantitative estimate of drug-likeness (QED) is 0.661. The number of hydrogen-bond acceptors (Lipinski definition) is 4. The van der Waals surface area contributed by atoms with Gasteiger partial charge in [0.2, 0.25) is 0 Å². The molecule has 0 unspecified atom stereocenters. The van der Waals surface area contributed by atoms with Gasteiger partial charge in [-0.2, -0.15) is 0 Å². The molecule has 25 heavy (non-hydrogen) atoms. The monoisotopic (exact) mass is 341 g/mol. The molecule has 0 saturated carbocycles. The first kappa shape index (κ1) is 17.0. The Labute approximate surface area is 145 Å². The van der Waals surface area contributed by atoms with Crippen LogP contribution in [0.4, 0.5) is 10.1 Å². The van der Waals surface area contributed by atoms with Crippen molar-refractivity contribution < 1.29 is 14.2 Å². The molecule has 130 valence electrons. The van der Waals surface area contributed by atoms with Crippen LogP contribution in [0.3, 0.4) is 0 Å². The van der Waals surface area contributed by atoms with Crippen LogP contribution in [-0.4, -0.2) is 27.9 Å². The summed E-state index contributed by atoms with van der Waals surface area (Å²) in [5, 5.41) is 12.1.